The summed E-state index contributed by atoms with van der Waals surface area (Å²) in [5.74, 6) is -0.837. The largest absolute Gasteiger partial charge is 0.419 e. The van der Waals surface area contributed by atoms with E-state index in [1.165, 1.54) is 4.90 Å². The van der Waals surface area contributed by atoms with Gasteiger partial charge in [-0.25, -0.2) is 4.79 Å². The Labute approximate surface area is 104 Å². The summed E-state index contributed by atoms with van der Waals surface area (Å²) < 4.78 is 4.70. The summed E-state index contributed by atoms with van der Waals surface area (Å²) in [7, 11) is 0. The summed E-state index contributed by atoms with van der Waals surface area (Å²) in [5, 5.41) is 6.37. The topological polar surface area (TPSA) is 70.7 Å². The minimum atomic E-state index is -0.606. The standard InChI is InChI=1S/C10H15N3O3S/c1-3-4-13-7-6(8(14)16-10(13)15)5-11-9(12-7)17-2/h3,6-7,9,11-12H,1,4-5H2,2H3. The zero-order valence-electron chi connectivity index (χ0n) is 9.51. The molecule has 3 unspecified atom stereocenters. The molecule has 17 heavy (non-hydrogen) atoms. The zero-order valence-corrected chi connectivity index (χ0v) is 10.3. The Morgan fingerprint density at radius 3 is 3.06 bits per heavy atom. The molecule has 0 bridgehead atoms. The molecule has 7 heteroatoms. The monoisotopic (exact) mass is 257 g/mol. The Kier molecular flexibility index (Phi) is 3.70. The third kappa shape index (κ3) is 2.31. The van der Waals surface area contributed by atoms with Crippen LogP contribution in [0.5, 0.6) is 0 Å². The van der Waals surface area contributed by atoms with E-state index in [1.54, 1.807) is 17.8 Å². The van der Waals surface area contributed by atoms with Crippen LogP contribution in [0.3, 0.4) is 0 Å². The van der Waals surface area contributed by atoms with E-state index < -0.39 is 12.1 Å². The number of hydrogen-bond donors (Lipinski definition) is 2. The van der Waals surface area contributed by atoms with E-state index in [2.05, 4.69) is 17.2 Å². The third-order valence-electron chi connectivity index (χ3n) is 2.85. The van der Waals surface area contributed by atoms with Crippen LogP contribution < -0.4 is 10.6 Å². The molecule has 6 nitrogen and oxygen atoms in total. The Balaban J connectivity index is 2.18. The lowest BCUT2D eigenvalue weighted by atomic mass is 10.0. The molecule has 0 spiro atoms. The molecule has 2 heterocycles. The maximum Gasteiger partial charge on any atom is 0.419 e. The van der Waals surface area contributed by atoms with Crippen molar-refractivity contribution in [2.24, 2.45) is 5.92 Å². The van der Waals surface area contributed by atoms with Gasteiger partial charge in [-0.3, -0.25) is 20.3 Å². The second-order valence-corrected chi connectivity index (χ2v) is 4.81. The number of carbonyl (C=O) groups is 2. The number of cyclic esters (lactones) is 2. The average Bonchev–Trinajstić information content (AvgIpc) is 2.33. The molecule has 0 radical (unpaired) electrons. The van der Waals surface area contributed by atoms with Gasteiger partial charge < -0.3 is 4.74 Å². The number of hydrogen-bond acceptors (Lipinski definition) is 6. The van der Waals surface area contributed by atoms with Crippen LogP contribution in [0.1, 0.15) is 0 Å². The smallest absolute Gasteiger partial charge is 0.376 e. The van der Waals surface area contributed by atoms with Crippen molar-refractivity contribution in [2.75, 3.05) is 19.3 Å². The lowest BCUT2D eigenvalue weighted by Gasteiger charge is -2.44. The fraction of sp³-hybridized carbons (Fsp3) is 0.600. The predicted octanol–water partition coefficient (Wildman–Crippen LogP) is -0.0671. The lowest BCUT2D eigenvalue weighted by Crippen LogP contribution is -2.68. The second-order valence-electron chi connectivity index (χ2n) is 3.87. The summed E-state index contributed by atoms with van der Waals surface area (Å²) in [5.41, 5.74) is 0.0299. The number of rotatable bonds is 3. The number of ether oxygens (including phenoxy) is 1. The molecule has 0 saturated carbocycles. The predicted molar refractivity (Wildman–Crippen MR) is 64.1 cm³/mol. The van der Waals surface area contributed by atoms with Crippen molar-refractivity contribution in [1.82, 2.24) is 15.5 Å². The van der Waals surface area contributed by atoms with Crippen LogP contribution in [0.4, 0.5) is 4.79 Å². The van der Waals surface area contributed by atoms with E-state index in [0.29, 0.717) is 13.1 Å². The molecule has 94 valence electrons. The number of nitrogens with zero attached hydrogens (tertiary/aromatic N) is 1. The summed E-state index contributed by atoms with van der Waals surface area (Å²) >= 11 is 1.59. The minimum Gasteiger partial charge on any atom is -0.376 e. The molecule has 2 N–H and O–H groups in total. The number of carbonyl (C=O) groups excluding carboxylic acids is 2. The zero-order chi connectivity index (χ0) is 12.4. The van der Waals surface area contributed by atoms with E-state index in [-0.39, 0.29) is 17.6 Å². The number of thioether (sulfide) groups is 1. The van der Waals surface area contributed by atoms with Crippen molar-refractivity contribution in [1.29, 1.82) is 0 Å². The van der Waals surface area contributed by atoms with Gasteiger partial charge in [0.25, 0.3) is 0 Å². The molecule has 2 rings (SSSR count). The number of amides is 1. The quantitative estimate of drug-likeness (QED) is 0.419. The van der Waals surface area contributed by atoms with Gasteiger partial charge in [-0.15, -0.1) is 18.3 Å². The maximum atomic E-state index is 11.6. The molecule has 0 aliphatic carbocycles. The lowest BCUT2D eigenvalue weighted by molar-refractivity contribution is -0.152. The molecule has 3 atom stereocenters. The van der Waals surface area contributed by atoms with Crippen LogP contribution in [-0.2, 0) is 9.53 Å². The van der Waals surface area contributed by atoms with Crippen LogP contribution in [0.25, 0.3) is 0 Å². The second kappa shape index (κ2) is 5.07. The number of esters is 1. The molecule has 0 aromatic carbocycles. The highest BCUT2D eigenvalue weighted by atomic mass is 32.2. The number of nitrogens with one attached hydrogen (secondary N) is 2. The molecular formula is C10H15N3O3S. The SMILES string of the molecule is C=CCN1C(=O)OC(=O)C2CNC(SC)NC21. The summed E-state index contributed by atoms with van der Waals surface area (Å²) in [6.45, 7) is 4.47. The van der Waals surface area contributed by atoms with Gasteiger partial charge in [-0.2, -0.15) is 0 Å². The van der Waals surface area contributed by atoms with Gasteiger partial charge >= 0.3 is 12.1 Å². The highest BCUT2D eigenvalue weighted by Gasteiger charge is 2.45. The van der Waals surface area contributed by atoms with Gasteiger partial charge in [0.1, 0.15) is 17.6 Å². The first-order valence-corrected chi connectivity index (χ1v) is 6.61. The van der Waals surface area contributed by atoms with Gasteiger partial charge in [-0.05, 0) is 6.26 Å². The van der Waals surface area contributed by atoms with Gasteiger partial charge in [0.2, 0.25) is 0 Å². The number of fused-ring (bicyclic) bond motifs is 1. The molecule has 1 amide bonds. The van der Waals surface area contributed by atoms with E-state index in [4.69, 9.17) is 4.74 Å². The Hall–Kier alpha value is -1.05. The maximum absolute atomic E-state index is 11.6. The highest BCUT2D eigenvalue weighted by molar-refractivity contribution is 7.99. The Morgan fingerprint density at radius 1 is 1.65 bits per heavy atom. The van der Waals surface area contributed by atoms with Crippen LogP contribution in [0.15, 0.2) is 12.7 Å². The van der Waals surface area contributed by atoms with Crippen molar-refractivity contribution in [2.45, 2.75) is 11.7 Å². The first-order chi connectivity index (χ1) is 8.17. The van der Waals surface area contributed by atoms with Crippen molar-refractivity contribution >= 4 is 23.8 Å². The summed E-state index contributed by atoms with van der Waals surface area (Å²) in [6.07, 6.45) is 2.64. The van der Waals surface area contributed by atoms with Gasteiger partial charge in [0.05, 0.1) is 0 Å². The van der Waals surface area contributed by atoms with Crippen molar-refractivity contribution in [3.05, 3.63) is 12.7 Å². The van der Waals surface area contributed by atoms with Gasteiger partial charge in [0.15, 0.2) is 0 Å². The van der Waals surface area contributed by atoms with Gasteiger partial charge in [-0.1, -0.05) is 6.08 Å². The molecule has 2 aliphatic rings. The fourth-order valence-corrected chi connectivity index (χ4v) is 2.55. The fourth-order valence-electron chi connectivity index (χ4n) is 2.01. The van der Waals surface area contributed by atoms with E-state index in [1.807, 2.05) is 6.26 Å². The van der Waals surface area contributed by atoms with Crippen LogP contribution in [0, 0.1) is 5.92 Å². The van der Waals surface area contributed by atoms with Crippen LogP contribution in [0.2, 0.25) is 0 Å². The van der Waals surface area contributed by atoms with Crippen LogP contribution >= 0.6 is 11.8 Å². The summed E-state index contributed by atoms with van der Waals surface area (Å²) in [4.78, 5) is 24.7. The van der Waals surface area contributed by atoms with Crippen molar-refractivity contribution < 1.29 is 14.3 Å². The highest BCUT2D eigenvalue weighted by Crippen LogP contribution is 2.23. The molecule has 0 aromatic heterocycles. The molecule has 0 aromatic rings. The summed E-state index contributed by atoms with van der Waals surface area (Å²) in [6, 6.07) is 0. The Morgan fingerprint density at radius 2 is 2.41 bits per heavy atom. The molecular weight excluding hydrogens is 242 g/mol. The molecule has 2 aliphatic heterocycles. The van der Waals surface area contributed by atoms with Gasteiger partial charge in [0, 0.05) is 13.1 Å². The first kappa shape index (κ1) is 12.4. The van der Waals surface area contributed by atoms with E-state index in [9.17, 15) is 9.59 Å². The minimum absolute atomic E-state index is 0.0299. The normalized spacial score (nSPS) is 33.0. The average molecular weight is 257 g/mol. The first-order valence-electron chi connectivity index (χ1n) is 5.32. The Bertz CT molecular complexity index is 350. The van der Waals surface area contributed by atoms with E-state index >= 15 is 0 Å². The van der Waals surface area contributed by atoms with E-state index in [0.717, 1.165) is 0 Å². The van der Waals surface area contributed by atoms with Crippen molar-refractivity contribution in [3.63, 3.8) is 0 Å². The molecule has 2 fully saturated rings. The third-order valence-corrected chi connectivity index (χ3v) is 3.62. The van der Waals surface area contributed by atoms with Crippen molar-refractivity contribution in [3.8, 4) is 0 Å². The molecule has 2 saturated heterocycles. The van der Waals surface area contributed by atoms with Crippen LogP contribution in [-0.4, -0.2) is 48.0 Å².